The third kappa shape index (κ3) is 3.95. The second kappa shape index (κ2) is 8.57. The van der Waals surface area contributed by atoms with E-state index in [9.17, 15) is 4.79 Å². The molecule has 0 aliphatic carbocycles. The number of aromatic nitrogens is 3. The summed E-state index contributed by atoms with van der Waals surface area (Å²) in [7, 11) is 9.06. The van der Waals surface area contributed by atoms with Crippen molar-refractivity contribution in [2.75, 3.05) is 46.3 Å². The number of hydrogen-bond donors (Lipinski definition) is 0. The Hall–Kier alpha value is -2.65. The van der Waals surface area contributed by atoms with Crippen LogP contribution in [0.3, 0.4) is 0 Å². The van der Waals surface area contributed by atoms with Gasteiger partial charge in [-0.1, -0.05) is 11.3 Å². The molecule has 0 spiro atoms. The molecular weight excluding hydrogens is 378 g/mol. The van der Waals surface area contributed by atoms with Crippen LogP contribution >= 0.6 is 11.3 Å². The van der Waals surface area contributed by atoms with Crippen molar-refractivity contribution in [1.82, 2.24) is 19.4 Å². The summed E-state index contributed by atoms with van der Waals surface area (Å²) < 4.78 is 13.5. The number of amides is 1. The summed E-state index contributed by atoms with van der Waals surface area (Å²) in [6.45, 7) is 1.40. The number of hydrogen-bond acceptors (Lipinski definition) is 7. The molecule has 1 aromatic carbocycles. The molecule has 2 heterocycles. The Morgan fingerprint density at radius 2 is 1.89 bits per heavy atom. The molecule has 3 rings (SSSR count). The van der Waals surface area contributed by atoms with E-state index in [-0.39, 0.29) is 5.91 Å². The summed E-state index contributed by atoms with van der Waals surface area (Å²) >= 11 is 1.41. The molecule has 0 atom stereocenters. The molecule has 2 aromatic heterocycles. The van der Waals surface area contributed by atoms with Gasteiger partial charge in [-0.3, -0.25) is 9.69 Å². The summed E-state index contributed by atoms with van der Waals surface area (Å²) in [5, 5.41) is 0.601. The zero-order valence-corrected chi connectivity index (χ0v) is 17.6. The van der Waals surface area contributed by atoms with Gasteiger partial charge in [-0.25, -0.2) is 9.97 Å². The highest BCUT2D eigenvalue weighted by molar-refractivity contribution is 7.22. The number of aryl methyl sites for hydroxylation is 1. The highest BCUT2D eigenvalue weighted by atomic mass is 32.1. The Morgan fingerprint density at radius 1 is 1.18 bits per heavy atom. The number of nitrogens with zero attached hydrogens (tertiary/aromatic N) is 5. The maximum Gasteiger partial charge on any atom is 0.296 e. The van der Waals surface area contributed by atoms with Crippen LogP contribution in [-0.4, -0.2) is 66.7 Å². The Balaban J connectivity index is 2.04. The summed E-state index contributed by atoms with van der Waals surface area (Å²) in [5.41, 5.74) is 0.687. The van der Waals surface area contributed by atoms with Crippen LogP contribution in [0.4, 0.5) is 5.13 Å². The lowest BCUT2D eigenvalue weighted by Gasteiger charge is -2.20. The minimum absolute atomic E-state index is 0.178. The van der Waals surface area contributed by atoms with Crippen LogP contribution in [-0.2, 0) is 7.05 Å². The molecule has 0 fully saturated rings. The number of carbonyl (C=O) groups is 1. The van der Waals surface area contributed by atoms with Gasteiger partial charge in [0, 0.05) is 26.0 Å². The van der Waals surface area contributed by atoms with Gasteiger partial charge >= 0.3 is 0 Å². The molecule has 0 saturated heterocycles. The van der Waals surface area contributed by atoms with E-state index in [2.05, 4.69) is 9.88 Å². The normalized spacial score (nSPS) is 11.2. The SMILES string of the molecule is COc1ccc(OC)c2sc(N(CCCN(C)C)C(=O)c3nccn3C)nc12. The standard InChI is InChI=1S/C19H25N5O3S/c1-22(2)10-6-11-24(18(25)17-20-9-12-23(17)3)19-21-15-13(26-4)7-8-14(27-5)16(15)28-19/h7-9,12H,6,10-11H2,1-5H3. The van der Waals surface area contributed by atoms with Crippen LogP contribution in [0, 0.1) is 0 Å². The van der Waals surface area contributed by atoms with Crippen molar-refractivity contribution in [3.8, 4) is 11.5 Å². The van der Waals surface area contributed by atoms with Gasteiger partial charge in [0.05, 0.1) is 14.2 Å². The van der Waals surface area contributed by atoms with E-state index in [0.29, 0.717) is 34.5 Å². The number of thiazole rings is 1. The van der Waals surface area contributed by atoms with Gasteiger partial charge in [0.2, 0.25) is 0 Å². The number of methoxy groups -OCH3 is 2. The first-order valence-corrected chi connectivity index (χ1v) is 9.73. The molecule has 0 saturated carbocycles. The minimum atomic E-state index is -0.178. The number of rotatable bonds is 8. The van der Waals surface area contributed by atoms with E-state index in [1.807, 2.05) is 33.3 Å². The van der Waals surface area contributed by atoms with Crippen LogP contribution in [0.5, 0.6) is 11.5 Å². The predicted molar refractivity (Wildman–Crippen MR) is 111 cm³/mol. The minimum Gasteiger partial charge on any atom is -0.495 e. The van der Waals surface area contributed by atoms with Crippen LogP contribution in [0.1, 0.15) is 17.0 Å². The second-order valence-electron chi connectivity index (χ2n) is 6.62. The van der Waals surface area contributed by atoms with Gasteiger partial charge in [0.15, 0.2) is 11.0 Å². The number of anilines is 1. The van der Waals surface area contributed by atoms with Gasteiger partial charge in [-0.2, -0.15) is 0 Å². The van der Waals surface area contributed by atoms with Gasteiger partial charge in [-0.05, 0) is 39.2 Å². The zero-order valence-electron chi connectivity index (χ0n) is 16.8. The Morgan fingerprint density at radius 3 is 2.50 bits per heavy atom. The fraction of sp³-hybridized carbons (Fsp3) is 0.421. The molecule has 0 N–H and O–H groups in total. The molecule has 0 aliphatic rings. The number of benzene rings is 1. The van der Waals surface area contributed by atoms with Crippen molar-refractivity contribution >= 4 is 32.6 Å². The predicted octanol–water partition coefficient (Wildman–Crippen LogP) is 2.65. The third-order valence-corrected chi connectivity index (χ3v) is 5.47. The summed E-state index contributed by atoms with van der Waals surface area (Å²) in [6, 6.07) is 3.67. The van der Waals surface area contributed by atoms with Crippen LogP contribution in [0.2, 0.25) is 0 Å². The molecule has 8 nitrogen and oxygen atoms in total. The van der Waals surface area contributed by atoms with E-state index < -0.39 is 0 Å². The van der Waals surface area contributed by atoms with Crippen molar-refractivity contribution in [1.29, 1.82) is 0 Å². The Kier molecular flexibility index (Phi) is 6.15. The van der Waals surface area contributed by atoms with Crippen LogP contribution < -0.4 is 14.4 Å². The molecule has 28 heavy (non-hydrogen) atoms. The molecule has 1 amide bonds. The quantitative estimate of drug-likeness (QED) is 0.576. The van der Waals surface area contributed by atoms with Crippen molar-refractivity contribution < 1.29 is 14.3 Å². The maximum absolute atomic E-state index is 13.2. The van der Waals surface area contributed by atoms with Crippen LogP contribution in [0.25, 0.3) is 10.2 Å². The van der Waals surface area contributed by atoms with Crippen molar-refractivity contribution in [3.05, 3.63) is 30.4 Å². The number of ether oxygens (including phenoxy) is 2. The van der Waals surface area contributed by atoms with Gasteiger partial charge < -0.3 is 18.9 Å². The monoisotopic (exact) mass is 403 g/mol. The first-order valence-electron chi connectivity index (χ1n) is 8.91. The molecule has 9 heteroatoms. The highest BCUT2D eigenvalue weighted by Gasteiger charge is 2.25. The molecule has 0 radical (unpaired) electrons. The topological polar surface area (TPSA) is 72.7 Å². The largest absolute Gasteiger partial charge is 0.495 e. The average Bonchev–Trinajstić information content (AvgIpc) is 3.30. The lowest BCUT2D eigenvalue weighted by Crippen LogP contribution is -2.35. The van der Waals surface area contributed by atoms with E-state index in [0.717, 1.165) is 17.7 Å². The Bertz CT molecular complexity index is 925. The third-order valence-electron chi connectivity index (χ3n) is 4.37. The van der Waals surface area contributed by atoms with E-state index in [1.54, 1.807) is 36.1 Å². The zero-order chi connectivity index (χ0) is 20.3. The number of fused-ring (bicyclic) bond motifs is 1. The van der Waals surface area contributed by atoms with E-state index in [1.165, 1.54) is 11.3 Å². The lowest BCUT2D eigenvalue weighted by atomic mass is 10.3. The summed E-state index contributed by atoms with van der Waals surface area (Å²) in [6.07, 6.45) is 4.19. The Labute approximate surface area is 168 Å². The average molecular weight is 404 g/mol. The van der Waals surface area contributed by atoms with Gasteiger partial charge in [0.1, 0.15) is 21.7 Å². The lowest BCUT2D eigenvalue weighted by molar-refractivity contribution is 0.0973. The molecule has 0 unspecified atom stereocenters. The first kappa shape index (κ1) is 20.1. The molecule has 3 aromatic rings. The fourth-order valence-electron chi connectivity index (χ4n) is 2.91. The highest BCUT2D eigenvalue weighted by Crippen LogP contribution is 2.40. The van der Waals surface area contributed by atoms with E-state index >= 15 is 0 Å². The van der Waals surface area contributed by atoms with Gasteiger partial charge in [-0.15, -0.1) is 0 Å². The molecule has 0 aliphatic heterocycles. The summed E-state index contributed by atoms with van der Waals surface area (Å²) in [4.78, 5) is 25.9. The number of imidazole rings is 1. The van der Waals surface area contributed by atoms with Crippen molar-refractivity contribution in [2.24, 2.45) is 7.05 Å². The smallest absolute Gasteiger partial charge is 0.296 e. The molecular formula is C19H25N5O3S. The molecule has 0 bridgehead atoms. The van der Waals surface area contributed by atoms with E-state index in [4.69, 9.17) is 14.5 Å². The van der Waals surface area contributed by atoms with Crippen LogP contribution in [0.15, 0.2) is 24.5 Å². The van der Waals surface area contributed by atoms with Crippen molar-refractivity contribution in [2.45, 2.75) is 6.42 Å². The fourth-order valence-corrected chi connectivity index (χ4v) is 4.01. The maximum atomic E-state index is 13.2. The second-order valence-corrected chi connectivity index (χ2v) is 7.60. The van der Waals surface area contributed by atoms with Crippen molar-refractivity contribution in [3.63, 3.8) is 0 Å². The van der Waals surface area contributed by atoms with Gasteiger partial charge in [0.25, 0.3) is 5.91 Å². The molecule has 150 valence electrons. The first-order chi connectivity index (χ1) is 13.5. The number of carbonyl (C=O) groups excluding carboxylic acids is 1. The summed E-state index contributed by atoms with van der Waals surface area (Å²) in [5.74, 6) is 1.56.